The summed E-state index contributed by atoms with van der Waals surface area (Å²) in [7, 11) is 0. The van der Waals surface area contributed by atoms with Gasteiger partial charge in [-0.25, -0.2) is 0 Å². The molecule has 0 amide bonds. The topological polar surface area (TPSA) is 0 Å². The van der Waals surface area contributed by atoms with Crippen LogP contribution in [0.4, 0.5) is 0 Å². The van der Waals surface area contributed by atoms with Crippen LogP contribution in [0.5, 0.6) is 0 Å². The average molecular weight is 188 g/mol. The molecule has 0 aliphatic carbocycles. The van der Waals surface area contributed by atoms with Crippen molar-refractivity contribution in [3.63, 3.8) is 0 Å². The first kappa shape index (κ1) is 11.0. The molecule has 0 nitrogen and oxygen atoms in total. The van der Waals surface area contributed by atoms with Crippen molar-refractivity contribution in [2.45, 2.75) is 33.6 Å². The van der Waals surface area contributed by atoms with E-state index in [2.05, 4.69) is 57.2 Å². The van der Waals surface area contributed by atoms with Crippen molar-refractivity contribution in [2.24, 2.45) is 5.92 Å². The van der Waals surface area contributed by atoms with Crippen LogP contribution in [0.25, 0.3) is 0 Å². The first-order valence-corrected chi connectivity index (χ1v) is 5.39. The molecule has 1 atom stereocenters. The zero-order chi connectivity index (χ0) is 10.4. The Balaban J connectivity index is 2.47. The Morgan fingerprint density at radius 1 is 1.21 bits per heavy atom. The fourth-order valence-corrected chi connectivity index (χ4v) is 1.58. The minimum absolute atomic E-state index is 0.744. The van der Waals surface area contributed by atoms with Gasteiger partial charge < -0.3 is 0 Å². The normalized spacial score (nSPS) is 13.4. The van der Waals surface area contributed by atoms with E-state index in [1.165, 1.54) is 24.0 Å². The van der Waals surface area contributed by atoms with Crippen LogP contribution in [0.1, 0.15) is 31.4 Å². The molecule has 0 bridgehead atoms. The lowest BCUT2D eigenvalue weighted by Crippen LogP contribution is -1.97. The van der Waals surface area contributed by atoms with Crippen LogP contribution < -0.4 is 0 Å². The maximum Gasteiger partial charge on any atom is -0.0250 e. The van der Waals surface area contributed by atoms with Crippen molar-refractivity contribution in [3.8, 4) is 0 Å². The number of allylic oxidation sites excluding steroid dienone is 2. The molecule has 0 aromatic heterocycles. The second-order valence-electron chi connectivity index (χ2n) is 4.10. The fraction of sp³-hybridized carbons (Fsp3) is 0.429. The molecule has 0 heteroatoms. The summed E-state index contributed by atoms with van der Waals surface area (Å²) < 4.78 is 0. The molecule has 76 valence electrons. The second-order valence-corrected chi connectivity index (χ2v) is 4.10. The van der Waals surface area contributed by atoms with Gasteiger partial charge in [0, 0.05) is 0 Å². The first-order chi connectivity index (χ1) is 6.72. The van der Waals surface area contributed by atoms with Crippen LogP contribution in [0, 0.1) is 12.8 Å². The molecule has 1 aromatic rings. The largest absolute Gasteiger partial charge is 0.0917 e. The minimum atomic E-state index is 0.744. The Morgan fingerprint density at radius 3 is 2.43 bits per heavy atom. The van der Waals surface area contributed by atoms with Gasteiger partial charge in [0.2, 0.25) is 0 Å². The van der Waals surface area contributed by atoms with Crippen LogP contribution in [0.15, 0.2) is 36.4 Å². The summed E-state index contributed by atoms with van der Waals surface area (Å²) >= 11 is 0. The van der Waals surface area contributed by atoms with Crippen LogP contribution in [-0.4, -0.2) is 0 Å². The molecule has 0 N–H and O–H groups in total. The maximum absolute atomic E-state index is 2.31. The summed E-state index contributed by atoms with van der Waals surface area (Å²) in [6.07, 6.45) is 6.75. The Morgan fingerprint density at radius 2 is 1.86 bits per heavy atom. The van der Waals surface area contributed by atoms with Crippen molar-refractivity contribution in [2.75, 3.05) is 0 Å². The van der Waals surface area contributed by atoms with E-state index in [0.29, 0.717) is 0 Å². The number of hydrogen-bond donors (Lipinski definition) is 0. The first-order valence-electron chi connectivity index (χ1n) is 5.39. The Bertz CT molecular complexity index is 279. The number of hydrogen-bond acceptors (Lipinski definition) is 0. The predicted molar refractivity (Wildman–Crippen MR) is 63.5 cm³/mol. The highest BCUT2D eigenvalue weighted by molar-refractivity contribution is 5.21. The summed E-state index contributed by atoms with van der Waals surface area (Å²) in [4.78, 5) is 0. The van der Waals surface area contributed by atoms with E-state index in [-0.39, 0.29) is 0 Å². The Kier molecular flexibility index (Phi) is 4.45. The lowest BCUT2D eigenvalue weighted by atomic mass is 9.97. The summed E-state index contributed by atoms with van der Waals surface area (Å²) in [5, 5.41) is 0. The summed E-state index contributed by atoms with van der Waals surface area (Å²) in [5.74, 6) is 0.744. The lowest BCUT2D eigenvalue weighted by molar-refractivity contribution is 0.589. The highest BCUT2D eigenvalue weighted by atomic mass is 14.1. The van der Waals surface area contributed by atoms with Crippen molar-refractivity contribution < 1.29 is 0 Å². The minimum Gasteiger partial charge on any atom is -0.0917 e. The van der Waals surface area contributed by atoms with Crippen LogP contribution in [-0.2, 0) is 6.42 Å². The monoisotopic (exact) mass is 188 g/mol. The fourth-order valence-electron chi connectivity index (χ4n) is 1.58. The van der Waals surface area contributed by atoms with E-state index < -0.39 is 0 Å². The van der Waals surface area contributed by atoms with Gasteiger partial charge in [-0.3, -0.25) is 0 Å². The van der Waals surface area contributed by atoms with Gasteiger partial charge in [0.15, 0.2) is 0 Å². The SMILES string of the molecule is C/C=C/CC(C)Cc1ccc(C)cc1. The quantitative estimate of drug-likeness (QED) is 0.623. The highest BCUT2D eigenvalue weighted by Crippen LogP contribution is 2.12. The van der Waals surface area contributed by atoms with Crippen LogP contribution in [0.3, 0.4) is 0 Å². The highest BCUT2D eigenvalue weighted by Gasteiger charge is 2.00. The molecule has 1 rings (SSSR count). The number of benzene rings is 1. The van der Waals surface area contributed by atoms with Gasteiger partial charge in [0.05, 0.1) is 0 Å². The molecule has 0 saturated carbocycles. The summed E-state index contributed by atoms with van der Waals surface area (Å²) in [6, 6.07) is 8.86. The van der Waals surface area contributed by atoms with Crippen molar-refractivity contribution >= 4 is 0 Å². The van der Waals surface area contributed by atoms with E-state index in [9.17, 15) is 0 Å². The lowest BCUT2D eigenvalue weighted by Gasteiger charge is -2.08. The average Bonchev–Trinajstić information content (AvgIpc) is 2.18. The van der Waals surface area contributed by atoms with Gasteiger partial charge in [0.25, 0.3) is 0 Å². The van der Waals surface area contributed by atoms with Gasteiger partial charge in [-0.15, -0.1) is 0 Å². The van der Waals surface area contributed by atoms with Crippen LogP contribution in [0.2, 0.25) is 0 Å². The zero-order valence-corrected chi connectivity index (χ0v) is 9.46. The third-order valence-corrected chi connectivity index (χ3v) is 2.48. The molecule has 0 aliphatic heterocycles. The third-order valence-electron chi connectivity index (χ3n) is 2.48. The van der Waals surface area contributed by atoms with E-state index in [4.69, 9.17) is 0 Å². The Labute approximate surface area is 87.7 Å². The molecular weight excluding hydrogens is 168 g/mol. The van der Waals surface area contributed by atoms with Crippen molar-refractivity contribution in [1.82, 2.24) is 0 Å². The molecule has 0 fully saturated rings. The zero-order valence-electron chi connectivity index (χ0n) is 9.46. The number of aryl methyl sites for hydroxylation is 1. The molecule has 0 spiro atoms. The van der Waals surface area contributed by atoms with Crippen molar-refractivity contribution in [1.29, 1.82) is 0 Å². The Hall–Kier alpha value is -1.04. The van der Waals surface area contributed by atoms with E-state index in [1.54, 1.807) is 0 Å². The molecule has 1 unspecified atom stereocenters. The van der Waals surface area contributed by atoms with E-state index in [0.717, 1.165) is 5.92 Å². The van der Waals surface area contributed by atoms with Gasteiger partial charge in [-0.1, -0.05) is 48.9 Å². The van der Waals surface area contributed by atoms with Crippen molar-refractivity contribution in [3.05, 3.63) is 47.5 Å². The smallest absolute Gasteiger partial charge is 0.0250 e. The molecule has 0 saturated heterocycles. The third kappa shape index (κ3) is 3.78. The molecule has 14 heavy (non-hydrogen) atoms. The number of rotatable bonds is 4. The standard InChI is InChI=1S/C14H20/c1-4-5-6-13(3)11-14-9-7-12(2)8-10-14/h4-5,7-10,13H,6,11H2,1-3H3/b5-4+. The van der Waals surface area contributed by atoms with E-state index in [1.807, 2.05) is 0 Å². The molecule has 0 radical (unpaired) electrons. The van der Waals surface area contributed by atoms with Gasteiger partial charge in [-0.05, 0) is 38.2 Å². The summed E-state index contributed by atoms with van der Waals surface area (Å²) in [6.45, 7) is 6.52. The molecular formula is C14H20. The molecule has 0 aliphatic rings. The van der Waals surface area contributed by atoms with Gasteiger partial charge in [-0.2, -0.15) is 0 Å². The maximum atomic E-state index is 2.31. The second kappa shape index (κ2) is 5.64. The van der Waals surface area contributed by atoms with Gasteiger partial charge in [0.1, 0.15) is 0 Å². The molecule has 1 aromatic carbocycles. The molecule has 0 heterocycles. The van der Waals surface area contributed by atoms with Crippen LogP contribution >= 0.6 is 0 Å². The van der Waals surface area contributed by atoms with Gasteiger partial charge >= 0.3 is 0 Å². The summed E-state index contributed by atoms with van der Waals surface area (Å²) in [5.41, 5.74) is 2.79. The predicted octanol–water partition coefficient (Wildman–Crippen LogP) is 4.14. The van der Waals surface area contributed by atoms with E-state index >= 15 is 0 Å².